The van der Waals surface area contributed by atoms with Gasteiger partial charge >= 0.3 is 6.18 Å². The summed E-state index contributed by atoms with van der Waals surface area (Å²) in [4.78, 5) is 16.1. The zero-order chi connectivity index (χ0) is 28.8. The van der Waals surface area contributed by atoms with Gasteiger partial charge in [-0.3, -0.25) is 9.69 Å². The smallest absolute Gasteiger partial charge is 0.416 e. The van der Waals surface area contributed by atoms with Gasteiger partial charge in [-0.1, -0.05) is 18.5 Å². The average Bonchev–Trinajstić information content (AvgIpc) is 3.68. The summed E-state index contributed by atoms with van der Waals surface area (Å²) in [7, 11) is 0. The summed E-state index contributed by atoms with van der Waals surface area (Å²) in [5, 5.41) is 0.216. The minimum Gasteiger partial charge on any atom is -0.490 e. The molecule has 2 atom stereocenters. The second-order valence-corrected chi connectivity index (χ2v) is 11.8. The highest BCUT2D eigenvalue weighted by Gasteiger charge is 2.38. The Labute approximate surface area is 234 Å². The highest BCUT2D eigenvalue weighted by Crippen LogP contribution is 2.46. The summed E-state index contributed by atoms with van der Waals surface area (Å²) >= 11 is 6.12. The van der Waals surface area contributed by atoms with Crippen LogP contribution in [-0.4, -0.2) is 60.3 Å². The van der Waals surface area contributed by atoms with Crippen LogP contribution in [0.2, 0.25) is 5.02 Å². The number of piperidine rings is 1. The number of benzene rings is 2. The summed E-state index contributed by atoms with van der Waals surface area (Å²) in [6.45, 7) is 2.27. The van der Waals surface area contributed by atoms with Gasteiger partial charge in [0.1, 0.15) is 30.0 Å². The summed E-state index contributed by atoms with van der Waals surface area (Å²) in [5.74, 6) is -1.38. The van der Waals surface area contributed by atoms with Gasteiger partial charge < -0.3 is 9.64 Å². The van der Waals surface area contributed by atoms with E-state index in [2.05, 4.69) is 0 Å². The van der Waals surface area contributed by atoms with Gasteiger partial charge in [-0.05, 0) is 67.0 Å². The molecule has 0 spiro atoms. The predicted octanol–water partition coefficient (Wildman–Crippen LogP) is 7.19. The van der Waals surface area contributed by atoms with E-state index >= 15 is 8.78 Å². The SMILES string of the molecule is C[C@@H]1CN(C(=O)c2cc(C3CC3)c(OCC3(F)CCN(Cc4cc(C(F)(F)F)ccc4Cl)CC3)cc2F)CC1F. The molecule has 0 bridgehead atoms. The molecule has 1 amide bonds. The van der Waals surface area contributed by atoms with Crippen LogP contribution in [-0.2, 0) is 12.7 Å². The van der Waals surface area contributed by atoms with E-state index in [4.69, 9.17) is 16.3 Å². The Morgan fingerprint density at radius 3 is 2.42 bits per heavy atom. The van der Waals surface area contributed by atoms with Crippen molar-refractivity contribution in [2.24, 2.45) is 5.92 Å². The number of carbonyl (C=O) groups excluding carboxylic acids is 1. The molecule has 1 aliphatic carbocycles. The Morgan fingerprint density at radius 2 is 1.82 bits per heavy atom. The zero-order valence-corrected chi connectivity index (χ0v) is 22.8. The van der Waals surface area contributed by atoms with Crippen LogP contribution >= 0.6 is 11.6 Å². The highest BCUT2D eigenvalue weighted by molar-refractivity contribution is 6.31. The molecule has 2 aliphatic heterocycles. The van der Waals surface area contributed by atoms with Crippen molar-refractivity contribution in [1.82, 2.24) is 9.80 Å². The number of hydrogen-bond donors (Lipinski definition) is 0. The molecule has 3 aliphatic rings. The summed E-state index contributed by atoms with van der Waals surface area (Å²) < 4.78 is 89.8. The van der Waals surface area contributed by atoms with Crippen LogP contribution in [0.4, 0.5) is 26.3 Å². The van der Waals surface area contributed by atoms with E-state index in [0.29, 0.717) is 11.1 Å². The lowest BCUT2D eigenvalue weighted by Gasteiger charge is -2.36. The van der Waals surface area contributed by atoms with Crippen LogP contribution in [0.1, 0.15) is 65.6 Å². The van der Waals surface area contributed by atoms with E-state index in [1.807, 2.05) is 4.90 Å². The van der Waals surface area contributed by atoms with E-state index in [-0.39, 0.29) is 80.3 Å². The monoisotopic (exact) mass is 588 g/mol. The van der Waals surface area contributed by atoms with Crippen LogP contribution in [0.15, 0.2) is 30.3 Å². The third-order valence-electron chi connectivity index (χ3n) is 8.16. The number of nitrogens with zero attached hydrogens (tertiary/aromatic N) is 2. The standard InChI is InChI=1S/C29H31ClF6N2O2/c1-17-13-38(15-25(17)32)27(39)22-11-21(18-2-3-18)26(12-24(22)31)40-16-28(33)6-8-37(9-7-28)14-19-10-20(29(34,35)36)4-5-23(19)30/h4-5,10-12,17-18,25H,2-3,6-9,13-16H2,1H3/t17-,25?/m1/s1. The number of ether oxygens (including phenoxy) is 1. The number of rotatable bonds is 7. The Balaban J connectivity index is 1.22. The van der Waals surface area contributed by atoms with Crippen molar-refractivity contribution in [1.29, 1.82) is 0 Å². The molecule has 2 heterocycles. The molecule has 0 radical (unpaired) electrons. The van der Waals surface area contributed by atoms with Gasteiger partial charge in [0.2, 0.25) is 0 Å². The number of hydrogen-bond acceptors (Lipinski definition) is 3. The van der Waals surface area contributed by atoms with Crippen molar-refractivity contribution < 1.29 is 35.9 Å². The fraction of sp³-hybridized carbons (Fsp3) is 0.552. The first-order valence-electron chi connectivity index (χ1n) is 13.5. The van der Waals surface area contributed by atoms with Crippen LogP contribution in [0.25, 0.3) is 0 Å². The molecule has 218 valence electrons. The number of likely N-dealkylation sites (tertiary alicyclic amines) is 2. The van der Waals surface area contributed by atoms with Crippen molar-refractivity contribution in [2.45, 2.75) is 63.1 Å². The molecular formula is C29H31ClF6N2O2. The first kappa shape index (κ1) is 29.0. The largest absolute Gasteiger partial charge is 0.490 e. The minimum atomic E-state index is -4.48. The first-order valence-corrected chi connectivity index (χ1v) is 13.9. The third kappa shape index (κ3) is 6.38. The zero-order valence-electron chi connectivity index (χ0n) is 22.0. The molecule has 0 N–H and O–H groups in total. The van der Waals surface area contributed by atoms with E-state index in [0.717, 1.165) is 31.0 Å². The molecule has 0 aromatic heterocycles. The lowest BCUT2D eigenvalue weighted by molar-refractivity contribution is -0.137. The van der Waals surface area contributed by atoms with Crippen molar-refractivity contribution in [2.75, 3.05) is 32.8 Å². The number of alkyl halides is 5. The van der Waals surface area contributed by atoms with Gasteiger partial charge in [0.25, 0.3) is 5.91 Å². The van der Waals surface area contributed by atoms with Crippen molar-refractivity contribution in [3.8, 4) is 5.75 Å². The lowest BCUT2D eigenvalue weighted by Crippen LogP contribution is -2.44. The number of carbonyl (C=O) groups is 1. The Hall–Kier alpha value is -2.46. The number of amides is 1. The van der Waals surface area contributed by atoms with Gasteiger partial charge in [0, 0.05) is 43.2 Å². The molecule has 11 heteroatoms. The third-order valence-corrected chi connectivity index (χ3v) is 8.53. The summed E-state index contributed by atoms with van der Waals surface area (Å²) in [6.07, 6.45) is -3.78. The van der Waals surface area contributed by atoms with Gasteiger partial charge in [-0.15, -0.1) is 0 Å². The van der Waals surface area contributed by atoms with E-state index < -0.39 is 35.3 Å². The molecular weight excluding hydrogens is 558 g/mol. The Morgan fingerprint density at radius 1 is 1.12 bits per heavy atom. The molecule has 5 rings (SSSR count). The molecule has 1 unspecified atom stereocenters. The molecule has 2 aromatic carbocycles. The van der Waals surface area contributed by atoms with E-state index in [1.165, 1.54) is 17.0 Å². The second-order valence-electron chi connectivity index (χ2n) is 11.4. The minimum absolute atomic E-state index is 0.0716. The highest BCUT2D eigenvalue weighted by atomic mass is 35.5. The van der Waals surface area contributed by atoms with Crippen LogP contribution in [0.5, 0.6) is 5.75 Å². The molecule has 3 fully saturated rings. The maximum atomic E-state index is 15.7. The number of halogens is 7. The van der Waals surface area contributed by atoms with Crippen LogP contribution < -0.4 is 4.74 Å². The molecule has 2 saturated heterocycles. The molecule has 40 heavy (non-hydrogen) atoms. The predicted molar refractivity (Wildman–Crippen MR) is 139 cm³/mol. The summed E-state index contributed by atoms with van der Waals surface area (Å²) in [5.41, 5.74) is -1.66. The first-order chi connectivity index (χ1) is 18.8. The normalized spacial score (nSPS) is 23.4. The maximum absolute atomic E-state index is 15.7. The van der Waals surface area contributed by atoms with Gasteiger partial charge in [-0.2, -0.15) is 13.2 Å². The molecule has 2 aromatic rings. The summed E-state index contributed by atoms with van der Waals surface area (Å²) in [6, 6.07) is 5.76. The van der Waals surface area contributed by atoms with Crippen molar-refractivity contribution in [3.05, 3.63) is 63.4 Å². The van der Waals surface area contributed by atoms with Gasteiger partial charge in [0.15, 0.2) is 0 Å². The van der Waals surface area contributed by atoms with E-state index in [1.54, 1.807) is 6.92 Å². The Kier molecular flexibility index (Phi) is 8.05. The van der Waals surface area contributed by atoms with Crippen molar-refractivity contribution >= 4 is 17.5 Å². The molecule has 4 nitrogen and oxygen atoms in total. The second kappa shape index (κ2) is 11.1. The average molecular weight is 589 g/mol. The maximum Gasteiger partial charge on any atom is 0.416 e. The van der Waals surface area contributed by atoms with Crippen molar-refractivity contribution in [3.63, 3.8) is 0 Å². The quantitative estimate of drug-likeness (QED) is 0.321. The van der Waals surface area contributed by atoms with E-state index in [9.17, 15) is 22.4 Å². The van der Waals surface area contributed by atoms with Crippen LogP contribution in [0, 0.1) is 11.7 Å². The molecule has 1 saturated carbocycles. The Bertz CT molecular complexity index is 1250. The lowest BCUT2D eigenvalue weighted by atomic mass is 9.93. The van der Waals surface area contributed by atoms with Gasteiger partial charge in [-0.25, -0.2) is 13.2 Å². The van der Waals surface area contributed by atoms with Gasteiger partial charge in [0.05, 0.1) is 17.7 Å². The fourth-order valence-corrected chi connectivity index (χ4v) is 5.59. The topological polar surface area (TPSA) is 32.8 Å². The fourth-order valence-electron chi connectivity index (χ4n) is 5.41. The van der Waals surface area contributed by atoms with Crippen LogP contribution in [0.3, 0.4) is 0 Å².